The Morgan fingerprint density at radius 2 is 1.78 bits per heavy atom. The molecular weight excluding hydrogens is 300 g/mol. The van der Waals surface area contributed by atoms with Crippen molar-refractivity contribution in [2.24, 2.45) is 0 Å². The molecule has 1 heterocycles. The number of hydrogen-bond acceptors (Lipinski definition) is 2. The Morgan fingerprint density at radius 3 is 2.52 bits per heavy atom. The normalized spacial score (nSPS) is 12.0. The van der Waals surface area contributed by atoms with Crippen molar-refractivity contribution in [1.29, 1.82) is 0 Å². The first-order valence-electron chi connectivity index (χ1n) is 8.12. The third-order valence-electron chi connectivity index (χ3n) is 3.96. The minimum Gasteiger partial charge on any atom is -0.360 e. The van der Waals surface area contributed by atoms with Gasteiger partial charge in [-0.05, 0) is 23.2 Å². The van der Waals surface area contributed by atoms with Gasteiger partial charge in [-0.2, -0.15) is 5.10 Å². The number of nitrogens with zero attached hydrogens (tertiary/aromatic N) is 2. The molecule has 120 valence electrons. The summed E-state index contributed by atoms with van der Waals surface area (Å²) in [5.41, 5.74) is 3.56. The van der Waals surface area contributed by atoms with Crippen LogP contribution in [0.4, 0.5) is 0 Å². The van der Waals surface area contributed by atoms with Crippen LogP contribution in [0.25, 0.3) is 22.0 Å². The monoisotopic (exact) mass is 324 g/mol. The van der Waals surface area contributed by atoms with E-state index in [4.69, 9.17) is 4.74 Å². The maximum atomic E-state index is 5.84. The topological polar surface area (TPSA) is 27.1 Å². The second-order valence-electron chi connectivity index (χ2n) is 7.13. The predicted molar refractivity (Wildman–Crippen MR) is 99.3 cm³/mol. The highest BCUT2D eigenvalue weighted by Gasteiger charge is 2.12. The molecule has 2 aromatic carbocycles. The van der Waals surface area contributed by atoms with Gasteiger partial charge in [0.25, 0.3) is 0 Å². The molecule has 0 aliphatic carbocycles. The van der Waals surface area contributed by atoms with Gasteiger partial charge in [-0.1, -0.05) is 62.1 Å². The molecule has 23 heavy (non-hydrogen) atoms. The van der Waals surface area contributed by atoms with Gasteiger partial charge in [0.05, 0.1) is 11.7 Å². The summed E-state index contributed by atoms with van der Waals surface area (Å²) in [6, 6.07) is 18.1. The van der Waals surface area contributed by atoms with Gasteiger partial charge in [-0.25, -0.2) is 4.68 Å². The number of hydrogen-bond donors (Lipinski definition) is 0. The highest BCUT2D eigenvalue weighted by Crippen LogP contribution is 2.24. The van der Waals surface area contributed by atoms with Crippen LogP contribution in [-0.2, 0) is 11.5 Å². The summed E-state index contributed by atoms with van der Waals surface area (Å²) in [7, 11) is -1.04. The molecule has 3 nitrogen and oxygen atoms in total. The van der Waals surface area contributed by atoms with Crippen LogP contribution in [0.1, 0.15) is 0 Å². The molecule has 0 atom stereocenters. The van der Waals surface area contributed by atoms with Crippen molar-refractivity contribution in [3.05, 3.63) is 54.7 Å². The van der Waals surface area contributed by atoms with Gasteiger partial charge in [0.15, 0.2) is 0 Å². The van der Waals surface area contributed by atoms with Gasteiger partial charge in [0.2, 0.25) is 0 Å². The maximum absolute atomic E-state index is 5.84. The molecule has 0 unspecified atom stereocenters. The second-order valence-corrected chi connectivity index (χ2v) is 12.8. The van der Waals surface area contributed by atoms with Crippen molar-refractivity contribution in [1.82, 2.24) is 9.78 Å². The van der Waals surface area contributed by atoms with E-state index in [-0.39, 0.29) is 0 Å². The number of fused-ring (bicyclic) bond motifs is 1. The van der Waals surface area contributed by atoms with Crippen molar-refractivity contribution in [2.45, 2.75) is 32.4 Å². The molecule has 0 saturated carbocycles. The lowest BCUT2D eigenvalue weighted by molar-refractivity contribution is 0.0817. The SMILES string of the molecule is C[Si](C)(C)CCOCn1ncc2ccc(-c3ccccc3)cc21. The average Bonchev–Trinajstić information content (AvgIpc) is 2.94. The van der Waals surface area contributed by atoms with Gasteiger partial charge >= 0.3 is 0 Å². The van der Waals surface area contributed by atoms with E-state index in [1.54, 1.807) is 0 Å². The fraction of sp³-hybridized carbons (Fsp3) is 0.316. The summed E-state index contributed by atoms with van der Waals surface area (Å²) < 4.78 is 7.79. The number of aromatic nitrogens is 2. The quantitative estimate of drug-likeness (QED) is 0.470. The molecule has 0 N–H and O–H groups in total. The molecule has 0 amide bonds. The molecule has 0 fully saturated rings. The second kappa shape index (κ2) is 6.68. The minimum atomic E-state index is -1.04. The van der Waals surface area contributed by atoms with Crippen LogP contribution >= 0.6 is 0 Å². The number of benzene rings is 2. The fourth-order valence-corrected chi connectivity index (χ4v) is 3.27. The van der Waals surface area contributed by atoms with Crippen LogP contribution in [-0.4, -0.2) is 24.5 Å². The third-order valence-corrected chi connectivity index (χ3v) is 5.67. The molecule has 0 spiro atoms. The molecule has 4 heteroatoms. The Balaban J connectivity index is 1.76. The fourth-order valence-electron chi connectivity index (χ4n) is 2.51. The van der Waals surface area contributed by atoms with Crippen LogP contribution in [0.2, 0.25) is 25.7 Å². The van der Waals surface area contributed by atoms with E-state index in [9.17, 15) is 0 Å². The lowest BCUT2D eigenvalue weighted by atomic mass is 10.0. The van der Waals surface area contributed by atoms with Crippen LogP contribution in [0.15, 0.2) is 54.7 Å². The average molecular weight is 325 g/mol. The lowest BCUT2D eigenvalue weighted by Gasteiger charge is -2.15. The van der Waals surface area contributed by atoms with Crippen LogP contribution in [0.3, 0.4) is 0 Å². The summed E-state index contributed by atoms with van der Waals surface area (Å²) in [5.74, 6) is 0. The Labute approximate surface area is 138 Å². The highest BCUT2D eigenvalue weighted by atomic mass is 28.3. The molecule has 0 bridgehead atoms. The van der Waals surface area contributed by atoms with E-state index in [2.05, 4.69) is 67.2 Å². The zero-order chi connectivity index (χ0) is 16.3. The minimum absolute atomic E-state index is 0.520. The molecule has 0 radical (unpaired) electrons. The molecule has 1 aromatic heterocycles. The van der Waals surface area contributed by atoms with Crippen molar-refractivity contribution in [2.75, 3.05) is 6.61 Å². The predicted octanol–water partition coefficient (Wildman–Crippen LogP) is 5.02. The summed E-state index contributed by atoms with van der Waals surface area (Å²) in [6.45, 7) is 8.44. The van der Waals surface area contributed by atoms with Gasteiger partial charge in [-0.15, -0.1) is 0 Å². The van der Waals surface area contributed by atoms with Crippen molar-refractivity contribution in [3.63, 3.8) is 0 Å². The van der Waals surface area contributed by atoms with E-state index < -0.39 is 8.07 Å². The Hall–Kier alpha value is -1.91. The summed E-state index contributed by atoms with van der Waals surface area (Å²) in [4.78, 5) is 0. The van der Waals surface area contributed by atoms with Crippen LogP contribution in [0, 0.1) is 0 Å². The Morgan fingerprint density at radius 1 is 1.00 bits per heavy atom. The Kier molecular flexibility index (Phi) is 4.64. The van der Waals surface area contributed by atoms with Crippen LogP contribution in [0.5, 0.6) is 0 Å². The van der Waals surface area contributed by atoms with Crippen molar-refractivity contribution >= 4 is 19.0 Å². The molecule has 0 saturated heterocycles. The smallest absolute Gasteiger partial charge is 0.139 e. The number of rotatable bonds is 6. The zero-order valence-corrected chi connectivity index (χ0v) is 15.1. The standard InChI is InChI=1S/C19H24N2OSi/c1-23(2,3)12-11-22-15-21-19-13-17(9-10-18(19)14-20-21)16-7-5-4-6-8-16/h4-10,13-14H,11-12,15H2,1-3H3. The third kappa shape index (κ3) is 4.09. The van der Waals surface area contributed by atoms with Gasteiger partial charge < -0.3 is 4.74 Å². The van der Waals surface area contributed by atoms with Gasteiger partial charge in [0, 0.05) is 20.1 Å². The van der Waals surface area contributed by atoms with E-state index in [0.717, 1.165) is 17.5 Å². The van der Waals surface area contributed by atoms with E-state index >= 15 is 0 Å². The van der Waals surface area contributed by atoms with Crippen LogP contribution < -0.4 is 0 Å². The molecular formula is C19H24N2OSi. The van der Waals surface area contributed by atoms with Crippen molar-refractivity contribution in [3.8, 4) is 11.1 Å². The van der Waals surface area contributed by atoms with Gasteiger partial charge in [0.1, 0.15) is 6.73 Å². The zero-order valence-electron chi connectivity index (χ0n) is 14.1. The van der Waals surface area contributed by atoms with E-state index in [1.165, 1.54) is 17.2 Å². The molecule has 3 rings (SSSR count). The molecule has 3 aromatic rings. The lowest BCUT2D eigenvalue weighted by Crippen LogP contribution is -2.22. The van der Waals surface area contributed by atoms with Crippen molar-refractivity contribution < 1.29 is 4.74 Å². The summed E-state index contributed by atoms with van der Waals surface area (Å²) >= 11 is 0. The number of ether oxygens (including phenoxy) is 1. The maximum Gasteiger partial charge on any atom is 0.139 e. The summed E-state index contributed by atoms with van der Waals surface area (Å²) in [5, 5.41) is 5.62. The Bertz CT molecular complexity index is 775. The van der Waals surface area contributed by atoms with E-state index in [1.807, 2.05) is 16.9 Å². The van der Waals surface area contributed by atoms with E-state index in [0.29, 0.717) is 6.73 Å². The largest absolute Gasteiger partial charge is 0.360 e. The highest BCUT2D eigenvalue weighted by molar-refractivity contribution is 6.76. The first-order valence-corrected chi connectivity index (χ1v) is 11.8. The molecule has 0 aliphatic heterocycles. The summed E-state index contributed by atoms with van der Waals surface area (Å²) in [6.07, 6.45) is 1.91. The van der Waals surface area contributed by atoms with Gasteiger partial charge in [-0.3, -0.25) is 0 Å². The molecule has 0 aliphatic rings. The first kappa shape index (κ1) is 16.0. The first-order chi connectivity index (χ1) is 11.0.